The molecule has 3 N–H and O–H groups in total. The normalized spacial score (nSPS) is 22.1. The number of carboxylic acids is 1. The summed E-state index contributed by atoms with van der Waals surface area (Å²) in [6, 6.07) is 6.61. The van der Waals surface area contributed by atoms with Gasteiger partial charge in [-0.05, 0) is 18.3 Å². The van der Waals surface area contributed by atoms with Crippen molar-refractivity contribution < 1.29 is 15.0 Å². The smallest absolute Gasteiger partial charge is 0.362 e. The minimum Gasteiger partial charge on any atom is -0.477 e. The molecule has 0 fully saturated rings. The Hall–Kier alpha value is -1.92. The fourth-order valence-electron chi connectivity index (χ4n) is 1.95. The summed E-state index contributed by atoms with van der Waals surface area (Å²) in [4.78, 5) is 12.6. The third-order valence-electron chi connectivity index (χ3n) is 2.79. The molecule has 0 amide bonds. The van der Waals surface area contributed by atoms with Gasteiger partial charge in [-0.15, -0.1) is 6.58 Å². The highest BCUT2D eigenvalue weighted by molar-refractivity contribution is 7.80. The third-order valence-corrected chi connectivity index (χ3v) is 3.11. The predicted octanol–water partition coefficient (Wildman–Crippen LogP) is 1.11. The number of hydrogen-bond acceptors (Lipinski definition) is 3. The van der Waals surface area contributed by atoms with E-state index >= 15 is 0 Å². The minimum atomic E-state index is -2.17. The second-order valence-corrected chi connectivity index (χ2v) is 4.24. The van der Waals surface area contributed by atoms with Crippen molar-refractivity contribution in [1.29, 1.82) is 0 Å². The van der Waals surface area contributed by atoms with E-state index in [-0.39, 0.29) is 17.2 Å². The van der Waals surface area contributed by atoms with Crippen LogP contribution in [0.25, 0.3) is 0 Å². The molecule has 0 aliphatic carbocycles. The molecule has 94 valence electrons. The summed E-state index contributed by atoms with van der Waals surface area (Å²) in [5.74, 6) is -1.37. The van der Waals surface area contributed by atoms with Crippen LogP contribution in [0.1, 0.15) is 5.56 Å². The van der Waals surface area contributed by atoms with Crippen LogP contribution in [-0.4, -0.2) is 32.7 Å². The largest absolute Gasteiger partial charge is 0.477 e. The van der Waals surface area contributed by atoms with E-state index in [9.17, 15) is 15.0 Å². The number of para-hydroxylation sites is 1. The Morgan fingerprint density at radius 1 is 1.56 bits per heavy atom. The molecule has 0 bridgehead atoms. The van der Waals surface area contributed by atoms with Crippen molar-refractivity contribution in [3.63, 3.8) is 0 Å². The van der Waals surface area contributed by atoms with Gasteiger partial charge in [0.15, 0.2) is 5.11 Å². The van der Waals surface area contributed by atoms with E-state index in [1.165, 1.54) is 11.0 Å². The lowest BCUT2D eigenvalue weighted by Gasteiger charge is -2.42. The van der Waals surface area contributed by atoms with Gasteiger partial charge in [0.1, 0.15) is 0 Å². The van der Waals surface area contributed by atoms with E-state index in [1.54, 1.807) is 24.3 Å². The second kappa shape index (κ2) is 4.40. The second-order valence-electron chi connectivity index (χ2n) is 3.85. The van der Waals surface area contributed by atoms with Crippen LogP contribution in [-0.2, 0) is 10.5 Å². The first kappa shape index (κ1) is 12.5. The number of benzene rings is 1. The summed E-state index contributed by atoms with van der Waals surface area (Å²) >= 11 is 5.08. The highest BCUT2D eigenvalue weighted by Crippen LogP contribution is 2.36. The van der Waals surface area contributed by atoms with E-state index in [2.05, 4.69) is 11.9 Å². The van der Waals surface area contributed by atoms with Gasteiger partial charge < -0.3 is 20.4 Å². The number of carboxylic acid groups (broad SMARTS) is 1. The quantitative estimate of drug-likeness (QED) is 0.561. The monoisotopic (exact) mass is 264 g/mol. The van der Waals surface area contributed by atoms with Crippen LogP contribution in [0.4, 0.5) is 5.69 Å². The van der Waals surface area contributed by atoms with Gasteiger partial charge in [-0.25, -0.2) is 4.79 Å². The topological polar surface area (TPSA) is 72.8 Å². The molecule has 1 aliphatic heterocycles. The third kappa shape index (κ3) is 1.66. The van der Waals surface area contributed by atoms with Crippen molar-refractivity contribution in [3.8, 4) is 0 Å². The molecule has 0 radical (unpaired) electrons. The van der Waals surface area contributed by atoms with Crippen molar-refractivity contribution in [2.75, 3.05) is 11.9 Å². The van der Waals surface area contributed by atoms with E-state index in [1.807, 2.05) is 0 Å². The van der Waals surface area contributed by atoms with Crippen molar-refractivity contribution in [2.24, 2.45) is 0 Å². The lowest BCUT2D eigenvalue weighted by Crippen LogP contribution is -2.58. The zero-order chi connectivity index (χ0) is 13.3. The van der Waals surface area contributed by atoms with Crippen molar-refractivity contribution >= 4 is 29.0 Å². The average Bonchev–Trinajstić information content (AvgIpc) is 2.34. The van der Waals surface area contributed by atoms with Crippen LogP contribution in [0.5, 0.6) is 0 Å². The molecular formula is C12H12N2O3S. The van der Waals surface area contributed by atoms with Gasteiger partial charge in [0.25, 0.3) is 5.72 Å². The zero-order valence-corrected chi connectivity index (χ0v) is 10.3. The Balaban J connectivity index is 2.64. The molecule has 2 rings (SSSR count). The SMILES string of the molecule is C=CCN1C(=S)Nc2ccccc2C1(O)C(=O)O. The van der Waals surface area contributed by atoms with Crippen molar-refractivity contribution in [1.82, 2.24) is 4.90 Å². The van der Waals surface area contributed by atoms with Gasteiger partial charge in [0.05, 0.1) is 0 Å². The Morgan fingerprint density at radius 2 is 2.22 bits per heavy atom. The Bertz CT molecular complexity index is 532. The van der Waals surface area contributed by atoms with Crippen LogP contribution < -0.4 is 5.32 Å². The predicted molar refractivity (Wildman–Crippen MR) is 71.1 cm³/mol. The van der Waals surface area contributed by atoms with E-state index in [0.29, 0.717) is 5.69 Å². The molecule has 1 atom stereocenters. The Labute approximate surface area is 109 Å². The lowest BCUT2D eigenvalue weighted by atomic mass is 9.97. The number of fused-ring (bicyclic) bond motifs is 1. The van der Waals surface area contributed by atoms with Gasteiger partial charge in [0.2, 0.25) is 0 Å². The van der Waals surface area contributed by atoms with Crippen LogP contribution in [0, 0.1) is 0 Å². The summed E-state index contributed by atoms with van der Waals surface area (Å²) in [7, 11) is 0. The number of nitrogens with one attached hydrogen (secondary N) is 1. The maximum absolute atomic E-state index is 11.5. The number of hydrogen-bond donors (Lipinski definition) is 3. The fraction of sp³-hybridized carbons (Fsp3) is 0.167. The molecule has 1 aromatic carbocycles. The average molecular weight is 264 g/mol. The lowest BCUT2D eigenvalue weighted by molar-refractivity contribution is -0.176. The van der Waals surface area contributed by atoms with Gasteiger partial charge >= 0.3 is 5.97 Å². The summed E-state index contributed by atoms with van der Waals surface area (Å²) in [6.07, 6.45) is 1.48. The number of rotatable bonds is 3. The standard InChI is InChI=1S/C12H12N2O3S/c1-2-7-14-11(18)13-9-6-4-3-5-8(9)12(14,17)10(15)16/h2-6,17H,1,7H2,(H,13,18)(H,15,16). The van der Waals surface area contributed by atoms with Crippen LogP contribution in [0.15, 0.2) is 36.9 Å². The molecule has 0 aromatic heterocycles. The molecule has 1 unspecified atom stereocenters. The number of aliphatic carboxylic acids is 1. The highest BCUT2D eigenvalue weighted by atomic mass is 32.1. The molecule has 5 nitrogen and oxygen atoms in total. The molecule has 1 aromatic rings. The van der Waals surface area contributed by atoms with E-state index in [0.717, 1.165) is 0 Å². The molecule has 1 heterocycles. The highest BCUT2D eigenvalue weighted by Gasteiger charge is 2.49. The summed E-state index contributed by atoms with van der Waals surface area (Å²) in [5.41, 5.74) is -1.42. The summed E-state index contributed by atoms with van der Waals surface area (Å²) < 4.78 is 0. The molecule has 0 saturated carbocycles. The number of thiocarbonyl (C=S) groups is 1. The van der Waals surface area contributed by atoms with Crippen molar-refractivity contribution in [3.05, 3.63) is 42.5 Å². The van der Waals surface area contributed by atoms with E-state index < -0.39 is 11.7 Å². The first-order valence-corrected chi connectivity index (χ1v) is 5.67. The summed E-state index contributed by atoms with van der Waals surface area (Å²) in [5, 5.41) is 22.9. The maximum Gasteiger partial charge on any atom is 0.362 e. The van der Waals surface area contributed by atoms with Gasteiger partial charge in [0, 0.05) is 17.8 Å². The van der Waals surface area contributed by atoms with Gasteiger partial charge in [-0.2, -0.15) is 0 Å². The molecule has 6 heteroatoms. The molecule has 18 heavy (non-hydrogen) atoms. The van der Waals surface area contributed by atoms with Crippen molar-refractivity contribution in [2.45, 2.75) is 5.72 Å². The molecular weight excluding hydrogens is 252 g/mol. The van der Waals surface area contributed by atoms with Crippen LogP contribution in [0.3, 0.4) is 0 Å². The van der Waals surface area contributed by atoms with Crippen LogP contribution in [0.2, 0.25) is 0 Å². The minimum absolute atomic E-state index is 0.128. The number of anilines is 1. The molecule has 1 aliphatic rings. The van der Waals surface area contributed by atoms with Gasteiger partial charge in [-0.1, -0.05) is 24.3 Å². The first-order chi connectivity index (χ1) is 8.51. The number of nitrogens with zero attached hydrogens (tertiary/aromatic N) is 1. The van der Waals surface area contributed by atoms with Gasteiger partial charge in [-0.3, -0.25) is 0 Å². The zero-order valence-electron chi connectivity index (χ0n) is 9.46. The molecule has 0 spiro atoms. The number of carbonyl (C=O) groups is 1. The Kier molecular flexibility index (Phi) is 3.06. The van der Waals surface area contributed by atoms with E-state index in [4.69, 9.17) is 12.2 Å². The maximum atomic E-state index is 11.5. The Morgan fingerprint density at radius 3 is 2.83 bits per heavy atom. The van der Waals surface area contributed by atoms with Crippen LogP contribution >= 0.6 is 12.2 Å². The summed E-state index contributed by atoms with van der Waals surface area (Å²) in [6.45, 7) is 3.66. The molecule has 0 saturated heterocycles. The fourth-order valence-corrected chi connectivity index (χ4v) is 2.26. The first-order valence-electron chi connectivity index (χ1n) is 5.26. The number of aliphatic hydroxyl groups is 1.